The van der Waals surface area contributed by atoms with Gasteiger partial charge < -0.3 is 15.2 Å². The Morgan fingerprint density at radius 3 is 2.42 bits per heavy atom. The zero-order valence-electron chi connectivity index (χ0n) is 20.9. The number of benzene rings is 3. The summed E-state index contributed by atoms with van der Waals surface area (Å²) < 4.78 is 16.4. The van der Waals surface area contributed by atoms with Crippen LogP contribution in [-0.2, 0) is 6.54 Å². The first-order valence-corrected chi connectivity index (χ1v) is 12.6. The highest BCUT2D eigenvalue weighted by atomic mass is 35.5. The van der Waals surface area contributed by atoms with Gasteiger partial charge in [0.25, 0.3) is 5.91 Å². The number of aromatic nitrogens is 2. The highest BCUT2D eigenvalue weighted by Crippen LogP contribution is 2.33. The maximum Gasteiger partial charge on any atom is 0.254 e. The van der Waals surface area contributed by atoms with Crippen LogP contribution in [0.2, 0.25) is 5.02 Å². The third kappa shape index (κ3) is 5.61. The van der Waals surface area contributed by atoms with E-state index < -0.39 is 0 Å². The molecule has 2 N–H and O–H groups in total. The molecule has 1 aromatic heterocycles. The molecule has 0 aliphatic heterocycles. The molecule has 0 aliphatic carbocycles. The molecule has 5 nitrogen and oxygen atoms in total. The van der Waals surface area contributed by atoms with Gasteiger partial charge in [0.05, 0.1) is 17.1 Å². The largest absolute Gasteiger partial charge is 0.330 e. The molecule has 0 spiro atoms. The minimum atomic E-state index is -0.340. The van der Waals surface area contributed by atoms with Gasteiger partial charge in [0.15, 0.2) is 0 Å². The number of carbonyl (C=O) groups is 1. The predicted molar refractivity (Wildman–Crippen MR) is 144 cm³/mol. The van der Waals surface area contributed by atoms with Gasteiger partial charge in [-0.05, 0) is 73.8 Å². The highest BCUT2D eigenvalue weighted by molar-refractivity contribution is 6.30. The number of hydrogen-bond acceptors (Lipinski definition) is 3. The van der Waals surface area contributed by atoms with Crippen molar-refractivity contribution in [3.63, 3.8) is 0 Å². The lowest BCUT2D eigenvalue weighted by atomic mass is 9.99. The molecule has 0 aliphatic rings. The predicted octanol–water partition coefficient (Wildman–Crippen LogP) is 6.37. The first kappa shape index (κ1) is 25.9. The Morgan fingerprint density at radius 2 is 1.78 bits per heavy atom. The smallest absolute Gasteiger partial charge is 0.254 e. The van der Waals surface area contributed by atoms with Crippen LogP contribution in [0.4, 0.5) is 4.39 Å². The van der Waals surface area contributed by atoms with Gasteiger partial charge in [0.2, 0.25) is 0 Å². The zero-order chi connectivity index (χ0) is 25.8. The number of amides is 1. The summed E-state index contributed by atoms with van der Waals surface area (Å²) in [6.07, 6.45) is 0.660. The Hall–Kier alpha value is -3.22. The molecule has 1 heterocycles. The van der Waals surface area contributed by atoms with E-state index in [9.17, 15) is 9.18 Å². The Balaban J connectivity index is 1.85. The third-order valence-electron chi connectivity index (χ3n) is 6.39. The average molecular weight is 507 g/mol. The number of nitrogens with zero attached hydrogens (tertiary/aromatic N) is 3. The molecular formula is C29H32ClFN4O. The van der Waals surface area contributed by atoms with E-state index in [1.54, 1.807) is 6.07 Å². The molecule has 1 unspecified atom stereocenters. The van der Waals surface area contributed by atoms with Crippen molar-refractivity contribution in [2.45, 2.75) is 39.8 Å². The molecule has 188 valence electrons. The Morgan fingerprint density at radius 1 is 1.08 bits per heavy atom. The normalized spacial score (nSPS) is 12.3. The van der Waals surface area contributed by atoms with Crippen LogP contribution >= 0.6 is 11.6 Å². The number of hydrogen-bond donors (Lipinski definition) is 1. The fraction of sp³-hybridized carbons (Fsp3) is 0.310. The first-order valence-electron chi connectivity index (χ1n) is 12.3. The molecule has 1 atom stereocenters. The van der Waals surface area contributed by atoms with Crippen molar-refractivity contribution < 1.29 is 9.18 Å². The summed E-state index contributed by atoms with van der Waals surface area (Å²) in [5.41, 5.74) is 9.95. The molecule has 0 saturated carbocycles. The number of carbonyl (C=O) groups excluding carboxylic acids is 1. The maximum atomic E-state index is 14.3. The number of nitrogens with two attached hydrogens (primary N) is 1. The summed E-state index contributed by atoms with van der Waals surface area (Å²) in [7, 11) is 0. The molecule has 4 rings (SSSR count). The van der Waals surface area contributed by atoms with E-state index in [4.69, 9.17) is 22.3 Å². The van der Waals surface area contributed by atoms with Crippen molar-refractivity contribution in [2.24, 2.45) is 11.7 Å². The lowest BCUT2D eigenvalue weighted by molar-refractivity contribution is 0.0605. The topological polar surface area (TPSA) is 64.2 Å². The van der Waals surface area contributed by atoms with Crippen LogP contribution in [0.5, 0.6) is 0 Å². The Kier molecular flexibility index (Phi) is 8.07. The second kappa shape index (κ2) is 11.2. The summed E-state index contributed by atoms with van der Waals surface area (Å²) in [5.74, 6) is 0.363. The zero-order valence-corrected chi connectivity index (χ0v) is 21.7. The minimum Gasteiger partial charge on any atom is -0.330 e. The van der Waals surface area contributed by atoms with Crippen LogP contribution < -0.4 is 5.73 Å². The molecule has 4 aromatic rings. The second-order valence-electron chi connectivity index (χ2n) is 9.51. The number of rotatable bonds is 9. The monoisotopic (exact) mass is 506 g/mol. The van der Waals surface area contributed by atoms with Crippen LogP contribution in [0.25, 0.3) is 11.0 Å². The van der Waals surface area contributed by atoms with E-state index in [1.165, 1.54) is 12.1 Å². The molecular weight excluding hydrogens is 475 g/mol. The Bertz CT molecular complexity index is 1330. The van der Waals surface area contributed by atoms with Crippen molar-refractivity contribution in [3.8, 4) is 0 Å². The van der Waals surface area contributed by atoms with Crippen LogP contribution in [-0.4, -0.2) is 33.4 Å². The highest BCUT2D eigenvalue weighted by Gasteiger charge is 2.32. The molecule has 0 saturated heterocycles. The van der Waals surface area contributed by atoms with E-state index in [2.05, 4.69) is 13.8 Å². The van der Waals surface area contributed by atoms with Gasteiger partial charge in [0.1, 0.15) is 11.6 Å². The summed E-state index contributed by atoms with van der Waals surface area (Å²) in [5, 5.41) is 0.650. The van der Waals surface area contributed by atoms with Gasteiger partial charge in [-0.3, -0.25) is 4.79 Å². The quantitative estimate of drug-likeness (QED) is 0.286. The minimum absolute atomic E-state index is 0.0443. The summed E-state index contributed by atoms with van der Waals surface area (Å²) in [4.78, 5) is 20.7. The summed E-state index contributed by atoms with van der Waals surface area (Å²) >= 11 is 6.10. The van der Waals surface area contributed by atoms with Gasteiger partial charge in [-0.25, -0.2) is 9.37 Å². The van der Waals surface area contributed by atoms with E-state index in [0.717, 1.165) is 17.0 Å². The summed E-state index contributed by atoms with van der Waals surface area (Å²) in [6, 6.07) is 19.4. The standard InChI is InChI=1S/C29H32ClFN4O/c1-19(2)27(34(16-4-15-32)29(36)22-9-5-20(3)6-10-22)28-33-25-14-13-24(31)17-26(25)35(28)18-21-7-11-23(30)12-8-21/h5-14,17,19,27H,4,15-16,18,32H2,1-3H3. The molecule has 36 heavy (non-hydrogen) atoms. The fourth-order valence-electron chi connectivity index (χ4n) is 4.57. The van der Waals surface area contributed by atoms with Crippen molar-refractivity contribution in [1.82, 2.24) is 14.5 Å². The van der Waals surface area contributed by atoms with Crippen molar-refractivity contribution in [2.75, 3.05) is 13.1 Å². The average Bonchev–Trinajstić information content (AvgIpc) is 3.19. The lowest BCUT2D eigenvalue weighted by Crippen LogP contribution is -2.40. The first-order chi connectivity index (χ1) is 17.3. The van der Waals surface area contributed by atoms with Gasteiger partial charge in [-0.2, -0.15) is 0 Å². The van der Waals surface area contributed by atoms with Crippen LogP contribution in [0, 0.1) is 18.7 Å². The molecule has 1 amide bonds. The third-order valence-corrected chi connectivity index (χ3v) is 6.64. The number of fused-ring (bicyclic) bond motifs is 1. The summed E-state index contributed by atoms with van der Waals surface area (Å²) in [6.45, 7) is 7.58. The van der Waals surface area contributed by atoms with E-state index in [1.807, 2.05) is 64.9 Å². The van der Waals surface area contributed by atoms with Crippen molar-refractivity contribution in [3.05, 3.63) is 100 Å². The van der Waals surface area contributed by atoms with Crippen molar-refractivity contribution >= 4 is 28.5 Å². The molecule has 0 fully saturated rings. The SMILES string of the molecule is Cc1ccc(C(=O)N(CCCN)C(c2nc3ccc(F)cc3n2Cc2ccc(Cl)cc2)C(C)C)cc1. The van der Waals surface area contributed by atoms with E-state index >= 15 is 0 Å². The Labute approximate surface area is 216 Å². The maximum absolute atomic E-state index is 14.3. The van der Waals surface area contributed by atoms with E-state index in [-0.39, 0.29) is 23.7 Å². The van der Waals surface area contributed by atoms with Gasteiger partial charge in [0, 0.05) is 23.7 Å². The molecule has 7 heteroatoms. The molecule has 3 aromatic carbocycles. The van der Waals surface area contributed by atoms with Gasteiger partial charge in [-0.15, -0.1) is 0 Å². The van der Waals surface area contributed by atoms with Gasteiger partial charge >= 0.3 is 0 Å². The fourth-order valence-corrected chi connectivity index (χ4v) is 4.69. The van der Waals surface area contributed by atoms with E-state index in [0.29, 0.717) is 47.7 Å². The van der Waals surface area contributed by atoms with Gasteiger partial charge in [-0.1, -0.05) is 55.3 Å². The number of halogens is 2. The van der Waals surface area contributed by atoms with Crippen LogP contribution in [0.1, 0.15) is 53.6 Å². The lowest BCUT2D eigenvalue weighted by Gasteiger charge is -2.34. The van der Waals surface area contributed by atoms with Crippen molar-refractivity contribution in [1.29, 1.82) is 0 Å². The number of imidazole rings is 1. The van der Waals surface area contributed by atoms with Crippen LogP contribution in [0.15, 0.2) is 66.7 Å². The van der Waals surface area contributed by atoms with Crippen LogP contribution in [0.3, 0.4) is 0 Å². The molecule has 0 bridgehead atoms. The second-order valence-corrected chi connectivity index (χ2v) is 9.95. The molecule has 0 radical (unpaired) electrons. The number of aryl methyl sites for hydroxylation is 1.